The molecule has 1 N–H and O–H groups in total. The number of aryl methyl sites for hydroxylation is 1. The van der Waals surface area contributed by atoms with Gasteiger partial charge in [-0.25, -0.2) is 4.98 Å². The van der Waals surface area contributed by atoms with Gasteiger partial charge >= 0.3 is 0 Å². The van der Waals surface area contributed by atoms with E-state index in [0.717, 1.165) is 55.4 Å². The lowest BCUT2D eigenvalue weighted by molar-refractivity contribution is -0.155. The molecule has 1 saturated heterocycles. The molecule has 1 saturated carbocycles. The molecule has 0 amide bonds. The van der Waals surface area contributed by atoms with Crippen molar-refractivity contribution in [2.75, 3.05) is 27.3 Å². The molecule has 2 bridgehead atoms. The summed E-state index contributed by atoms with van der Waals surface area (Å²) >= 11 is 0. The molecule has 1 aliphatic carbocycles. The molecule has 2 aliphatic rings. The number of hydrogen-bond acceptors (Lipinski definition) is 5. The molecular formula is C21H29N3O3. The van der Waals surface area contributed by atoms with Gasteiger partial charge in [0.25, 0.3) is 0 Å². The van der Waals surface area contributed by atoms with Gasteiger partial charge in [0, 0.05) is 56.5 Å². The maximum Gasteiger partial charge on any atom is 0.141 e. The van der Waals surface area contributed by atoms with Crippen LogP contribution in [0.3, 0.4) is 0 Å². The monoisotopic (exact) mass is 371 g/mol. The Hall–Kier alpha value is -2.05. The van der Waals surface area contributed by atoms with E-state index in [9.17, 15) is 5.11 Å². The number of benzene rings is 1. The second-order valence-electron chi connectivity index (χ2n) is 7.88. The third kappa shape index (κ3) is 3.11. The van der Waals surface area contributed by atoms with Gasteiger partial charge in [-0.2, -0.15) is 0 Å². The van der Waals surface area contributed by atoms with Gasteiger partial charge in [-0.1, -0.05) is 6.42 Å². The number of nitrogens with zero attached hydrogens (tertiary/aromatic N) is 3. The third-order valence-corrected chi connectivity index (χ3v) is 6.37. The Morgan fingerprint density at radius 1 is 1.19 bits per heavy atom. The maximum atomic E-state index is 11.7. The molecule has 0 radical (unpaired) electrons. The summed E-state index contributed by atoms with van der Waals surface area (Å²) in [5.74, 6) is 2.93. The van der Waals surface area contributed by atoms with Crippen molar-refractivity contribution in [3.05, 3.63) is 42.0 Å². The fraction of sp³-hybridized carbons (Fsp3) is 0.571. The van der Waals surface area contributed by atoms with Crippen molar-refractivity contribution in [1.29, 1.82) is 0 Å². The molecule has 2 atom stereocenters. The number of ether oxygens (including phenoxy) is 2. The van der Waals surface area contributed by atoms with Crippen LogP contribution in [0.4, 0.5) is 0 Å². The highest BCUT2D eigenvalue weighted by molar-refractivity contribution is 5.40. The molecule has 2 fully saturated rings. The summed E-state index contributed by atoms with van der Waals surface area (Å²) in [6.45, 7) is 2.52. The van der Waals surface area contributed by atoms with Gasteiger partial charge in [0.2, 0.25) is 0 Å². The van der Waals surface area contributed by atoms with Crippen LogP contribution in [0.2, 0.25) is 0 Å². The Labute approximate surface area is 160 Å². The molecule has 0 spiro atoms. The first-order valence-corrected chi connectivity index (χ1v) is 9.69. The van der Waals surface area contributed by atoms with E-state index in [-0.39, 0.29) is 11.8 Å². The smallest absolute Gasteiger partial charge is 0.141 e. The SMILES string of the molecule is COc1ccc(OC)c(CN2C[C@@H]3CCC[C@@H](C2)C3(O)c2nccn2C)c1. The lowest BCUT2D eigenvalue weighted by atomic mass is 9.65. The zero-order chi connectivity index (χ0) is 19.0. The third-order valence-electron chi connectivity index (χ3n) is 6.37. The summed E-state index contributed by atoms with van der Waals surface area (Å²) in [6, 6.07) is 5.93. The molecule has 0 unspecified atom stereocenters. The lowest BCUT2D eigenvalue weighted by Gasteiger charge is -2.52. The van der Waals surface area contributed by atoms with Crippen molar-refractivity contribution in [1.82, 2.24) is 14.5 Å². The Morgan fingerprint density at radius 3 is 2.52 bits per heavy atom. The Morgan fingerprint density at radius 2 is 1.93 bits per heavy atom. The van der Waals surface area contributed by atoms with Gasteiger partial charge in [0.05, 0.1) is 14.2 Å². The standard InChI is InChI=1S/C21H29N3O3/c1-23-10-9-22-20(23)21(25)16-5-4-6-17(21)14-24(13-16)12-15-11-18(26-2)7-8-19(15)27-3/h7-11,16-17,25H,4-6,12-14H2,1-3H3/t16-,17-/m0/s1. The highest BCUT2D eigenvalue weighted by Gasteiger charge is 2.53. The van der Waals surface area contributed by atoms with Crippen LogP contribution in [0.15, 0.2) is 30.6 Å². The van der Waals surface area contributed by atoms with Crippen molar-refractivity contribution in [2.45, 2.75) is 31.4 Å². The Balaban J connectivity index is 1.59. The molecule has 2 aromatic rings. The number of fused-ring (bicyclic) bond motifs is 2. The number of aromatic nitrogens is 2. The van der Waals surface area contributed by atoms with Crippen LogP contribution in [0.1, 0.15) is 30.7 Å². The van der Waals surface area contributed by atoms with Crippen molar-refractivity contribution < 1.29 is 14.6 Å². The zero-order valence-electron chi connectivity index (χ0n) is 16.4. The van der Waals surface area contributed by atoms with Crippen molar-refractivity contribution >= 4 is 0 Å². The summed E-state index contributed by atoms with van der Waals surface area (Å²) < 4.78 is 12.9. The molecule has 27 heavy (non-hydrogen) atoms. The average molecular weight is 371 g/mol. The van der Waals surface area contributed by atoms with Gasteiger partial charge in [-0.3, -0.25) is 4.90 Å². The molecule has 1 aromatic heterocycles. The molecule has 146 valence electrons. The molecular weight excluding hydrogens is 342 g/mol. The average Bonchev–Trinajstić information content (AvgIpc) is 3.09. The number of imidazole rings is 1. The van der Waals surface area contributed by atoms with E-state index in [1.165, 1.54) is 6.42 Å². The van der Waals surface area contributed by atoms with E-state index in [1.54, 1.807) is 20.4 Å². The molecule has 6 nitrogen and oxygen atoms in total. The number of rotatable bonds is 5. The van der Waals surface area contributed by atoms with E-state index < -0.39 is 5.60 Å². The quantitative estimate of drug-likeness (QED) is 0.875. The first-order chi connectivity index (χ1) is 13.1. The van der Waals surface area contributed by atoms with E-state index in [1.807, 2.05) is 36.0 Å². The normalized spacial score (nSPS) is 28.1. The minimum absolute atomic E-state index is 0.197. The largest absolute Gasteiger partial charge is 0.497 e. The van der Waals surface area contributed by atoms with Crippen LogP contribution in [0.5, 0.6) is 11.5 Å². The Bertz CT molecular complexity index is 790. The summed E-state index contributed by atoms with van der Waals surface area (Å²) in [7, 11) is 5.36. The number of hydrogen-bond donors (Lipinski definition) is 1. The number of piperidine rings is 1. The van der Waals surface area contributed by atoms with Crippen LogP contribution in [0, 0.1) is 11.8 Å². The highest BCUT2D eigenvalue weighted by Crippen LogP contribution is 2.48. The Kier molecular flexibility index (Phi) is 4.86. The van der Waals surface area contributed by atoms with Crippen LogP contribution >= 0.6 is 0 Å². The van der Waals surface area contributed by atoms with Gasteiger partial charge in [0.15, 0.2) is 0 Å². The molecule has 1 aromatic carbocycles. The topological polar surface area (TPSA) is 59.8 Å². The number of aliphatic hydroxyl groups is 1. The minimum atomic E-state index is -0.828. The summed E-state index contributed by atoms with van der Waals surface area (Å²) in [4.78, 5) is 6.96. The van der Waals surface area contributed by atoms with Gasteiger partial charge < -0.3 is 19.1 Å². The second-order valence-corrected chi connectivity index (χ2v) is 7.88. The van der Waals surface area contributed by atoms with E-state index in [4.69, 9.17) is 9.47 Å². The van der Waals surface area contributed by atoms with Crippen LogP contribution in [0.25, 0.3) is 0 Å². The maximum absolute atomic E-state index is 11.7. The number of likely N-dealkylation sites (tertiary alicyclic amines) is 1. The lowest BCUT2D eigenvalue weighted by Crippen LogP contribution is -2.58. The fourth-order valence-corrected chi connectivity index (χ4v) is 5.04. The van der Waals surface area contributed by atoms with Gasteiger partial charge in [-0.05, 0) is 31.0 Å². The summed E-state index contributed by atoms with van der Waals surface area (Å²) in [5.41, 5.74) is 0.295. The molecule has 2 heterocycles. The zero-order valence-corrected chi connectivity index (χ0v) is 16.4. The predicted octanol–water partition coefficient (Wildman–Crippen LogP) is 2.56. The number of methoxy groups -OCH3 is 2. The van der Waals surface area contributed by atoms with Crippen LogP contribution in [-0.2, 0) is 19.2 Å². The molecule has 6 heteroatoms. The van der Waals surface area contributed by atoms with E-state index in [2.05, 4.69) is 9.88 Å². The summed E-state index contributed by atoms with van der Waals surface area (Å²) in [6.07, 6.45) is 6.96. The van der Waals surface area contributed by atoms with E-state index in [0.29, 0.717) is 0 Å². The van der Waals surface area contributed by atoms with E-state index >= 15 is 0 Å². The van der Waals surface area contributed by atoms with Crippen molar-refractivity contribution in [3.8, 4) is 11.5 Å². The van der Waals surface area contributed by atoms with Gasteiger partial charge in [0.1, 0.15) is 22.9 Å². The second kappa shape index (κ2) is 7.17. The molecule has 4 rings (SSSR count). The first-order valence-electron chi connectivity index (χ1n) is 9.69. The summed E-state index contributed by atoms with van der Waals surface area (Å²) in [5, 5.41) is 11.7. The fourth-order valence-electron chi connectivity index (χ4n) is 5.04. The van der Waals surface area contributed by atoms with Crippen molar-refractivity contribution in [3.63, 3.8) is 0 Å². The molecule has 1 aliphatic heterocycles. The van der Waals surface area contributed by atoms with Crippen LogP contribution in [-0.4, -0.2) is 46.9 Å². The van der Waals surface area contributed by atoms with Crippen LogP contribution < -0.4 is 9.47 Å². The van der Waals surface area contributed by atoms with Gasteiger partial charge in [-0.15, -0.1) is 0 Å². The highest BCUT2D eigenvalue weighted by atomic mass is 16.5. The predicted molar refractivity (Wildman–Crippen MR) is 103 cm³/mol. The minimum Gasteiger partial charge on any atom is -0.497 e. The van der Waals surface area contributed by atoms with Crippen molar-refractivity contribution in [2.24, 2.45) is 18.9 Å². The first kappa shape index (κ1) is 18.3.